The molecular formula is C22H20N2. The molecule has 2 nitrogen and oxygen atoms in total. The van der Waals surface area contributed by atoms with E-state index in [0.29, 0.717) is 0 Å². The highest BCUT2D eigenvalue weighted by molar-refractivity contribution is 5.92. The monoisotopic (exact) mass is 312 g/mol. The number of anilines is 1. The lowest BCUT2D eigenvalue weighted by Crippen LogP contribution is -2.01. The Morgan fingerprint density at radius 2 is 1.62 bits per heavy atom. The summed E-state index contributed by atoms with van der Waals surface area (Å²) in [7, 11) is 0. The Labute approximate surface area is 142 Å². The summed E-state index contributed by atoms with van der Waals surface area (Å²) in [6.45, 7) is 5.08. The molecule has 1 heterocycles. The van der Waals surface area contributed by atoms with E-state index >= 15 is 0 Å². The van der Waals surface area contributed by atoms with Crippen molar-refractivity contribution >= 4 is 27.4 Å². The summed E-state index contributed by atoms with van der Waals surface area (Å²) < 4.78 is 0. The fourth-order valence-electron chi connectivity index (χ4n) is 3.20. The molecule has 4 rings (SSSR count). The number of aryl methyl sites for hydroxylation is 2. The van der Waals surface area contributed by atoms with E-state index in [9.17, 15) is 0 Å². The van der Waals surface area contributed by atoms with Crippen molar-refractivity contribution in [2.75, 3.05) is 5.32 Å². The first kappa shape index (κ1) is 14.7. The molecule has 0 saturated heterocycles. The molecule has 0 unspecified atom stereocenters. The van der Waals surface area contributed by atoms with Crippen molar-refractivity contribution < 1.29 is 0 Å². The number of fused-ring (bicyclic) bond motifs is 2. The first-order valence-corrected chi connectivity index (χ1v) is 8.29. The lowest BCUT2D eigenvalue weighted by molar-refractivity contribution is 1.17. The van der Waals surface area contributed by atoms with E-state index in [1.165, 1.54) is 32.8 Å². The van der Waals surface area contributed by atoms with Crippen LogP contribution in [0.3, 0.4) is 0 Å². The van der Waals surface area contributed by atoms with Crippen molar-refractivity contribution in [1.82, 2.24) is 4.98 Å². The van der Waals surface area contributed by atoms with Gasteiger partial charge in [-0.25, -0.2) is 0 Å². The van der Waals surface area contributed by atoms with E-state index in [0.717, 1.165) is 17.7 Å². The molecule has 1 aromatic heterocycles. The average Bonchev–Trinajstić information content (AvgIpc) is 2.61. The fraction of sp³-hybridized carbons (Fsp3) is 0.136. The van der Waals surface area contributed by atoms with Gasteiger partial charge in [0.05, 0.1) is 5.52 Å². The highest BCUT2D eigenvalue weighted by atomic mass is 14.9. The number of rotatable bonds is 3. The molecule has 118 valence electrons. The van der Waals surface area contributed by atoms with Crippen LogP contribution in [0.15, 0.2) is 66.9 Å². The van der Waals surface area contributed by atoms with Gasteiger partial charge < -0.3 is 5.32 Å². The first-order valence-electron chi connectivity index (χ1n) is 8.29. The van der Waals surface area contributed by atoms with E-state index in [1.54, 1.807) is 0 Å². The third-order valence-electron chi connectivity index (χ3n) is 4.71. The van der Waals surface area contributed by atoms with Gasteiger partial charge in [0.2, 0.25) is 0 Å². The molecule has 0 aliphatic rings. The third kappa shape index (κ3) is 2.61. The quantitative estimate of drug-likeness (QED) is 0.531. The van der Waals surface area contributed by atoms with Gasteiger partial charge in [-0.15, -0.1) is 0 Å². The maximum Gasteiger partial charge on any atom is 0.0725 e. The molecule has 0 saturated carbocycles. The number of nitrogens with one attached hydrogen (secondary N) is 1. The van der Waals surface area contributed by atoms with E-state index in [2.05, 4.69) is 84.8 Å². The highest BCUT2D eigenvalue weighted by Gasteiger charge is 2.06. The summed E-state index contributed by atoms with van der Waals surface area (Å²) in [4.78, 5) is 4.51. The Kier molecular flexibility index (Phi) is 3.66. The maximum absolute atomic E-state index is 4.51. The van der Waals surface area contributed by atoms with Crippen molar-refractivity contribution in [3.05, 3.63) is 83.6 Å². The highest BCUT2D eigenvalue weighted by Crippen LogP contribution is 2.26. The van der Waals surface area contributed by atoms with Gasteiger partial charge in [-0.2, -0.15) is 0 Å². The second-order valence-electron chi connectivity index (χ2n) is 6.30. The minimum atomic E-state index is 0.799. The molecule has 0 aliphatic heterocycles. The third-order valence-corrected chi connectivity index (χ3v) is 4.71. The smallest absolute Gasteiger partial charge is 0.0725 e. The van der Waals surface area contributed by atoms with E-state index in [1.807, 2.05) is 6.20 Å². The molecule has 0 aliphatic carbocycles. The number of pyridine rings is 1. The topological polar surface area (TPSA) is 24.9 Å². The Bertz CT molecular complexity index is 1030. The summed E-state index contributed by atoms with van der Waals surface area (Å²) in [5.41, 5.74) is 6.06. The Morgan fingerprint density at radius 3 is 2.54 bits per heavy atom. The standard InChI is InChI=1S/C22H20N2/c1-15-12-20-21(10-11-23-22(20)13-16(15)2)24-14-18-8-5-7-17-6-3-4-9-19(17)18/h3-13H,14H2,1-2H3,(H,23,24). The predicted octanol–water partition coefficient (Wildman–Crippen LogP) is 5.62. The molecule has 0 atom stereocenters. The summed E-state index contributed by atoms with van der Waals surface area (Å²) in [6.07, 6.45) is 1.88. The van der Waals surface area contributed by atoms with Crippen molar-refractivity contribution in [2.24, 2.45) is 0 Å². The van der Waals surface area contributed by atoms with Crippen LogP contribution in [0, 0.1) is 13.8 Å². The first-order chi connectivity index (χ1) is 11.7. The SMILES string of the molecule is Cc1cc2nccc(NCc3cccc4ccccc34)c2cc1C. The largest absolute Gasteiger partial charge is 0.380 e. The number of benzene rings is 3. The number of hydrogen-bond donors (Lipinski definition) is 1. The molecule has 0 spiro atoms. The normalized spacial score (nSPS) is 11.1. The predicted molar refractivity (Wildman–Crippen MR) is 102 cm³/mol. The molecule has 0 radical (unpaired) electrons. The van der Waals surface area contributed by atoms with Crippen LogP contribution in [-0.2, 0) is 6.54 Å². The lowest BCUT2D eigenvalue weighted by Gasteiger charge is -2.12. The molecule has 0 bridgehead atoms. The van der Waals surface area contributed by atoms with Gasteiger partial charge in [0.1, 0.15) is 0 Å². The van der Waals surface area contributed by atoms with Crippen LogP contribution < -0.4 is 5.32 Å². The molecule has 1 N–H and O–H groups in total. The molecule has 2 heteroatoms. The average molecular weight is 312 g/mol. The van der Waals surface area contributed by atoms with Gasteiger partial charge in [-0.05, 0) is 59.5 Å². The minimum Gasteiger partial charge on any atom is -0.380 e. The zero-order chi connectivity index (χ0) is 16.5. The van der Waals surface area contributed by atoms with Crippen LogP contribution in [-0.4, -0.2) is 4.98 Å². The summed E-state index contributed by atoms with van der Waals surface area (Å²) in [5, 5.41) is 7.37. The van der Waals surface area contributed by atoms with Crippen molar-refractivity contribution in [3.63, 3.8) is 0 Å². The molecule has 0 fully saturated rings. The van der Waals surface area contributed by atoms with Crippen LogP contribution in [0.25, 0.3) is 21.7 Å². The molecular weight excluding hydrogens is 292 g/mol. The number of aromatic nitrogens is 1. The van der Waals surface area contributed by atoms with Gasteiger partial charge in [0.25, 0.3) is 0 Å². The summed E-state index contributed by atoms with van der Waals surface area (Å²) in [6, 6.07) is 21.4. The van der Waals surface area contributed by atoms with E-state index < -0.39 is 0 Å². The Morgan fingerprint density at radius 1 is 0.833 bits per heavy atom. The van der Waals surface area contributed by atoms with Gasteiger partial charge in [-0.3, -0.25) is 4.98 Å². The molecule has 4 aromatic rings. The van der Waals surface area contributed by atoms with Gasteiger partial charge in [0.15, 0.2) is 0 Å². The van der Waals surface area contributed by atoms with E-state index in [4.69, 9.17) is 0 Å². The zero-order valence-corrected chi connectivity index (χ0v) is 14.0. The minimum absolute atomic E-state index is 0.799. The summed E-state index contributed by atoms with van der Waals surface area (Å²) >= 11 is 0. The number of nitrogens with zero attached hydrogens (tertiary/aromatic N) is 1. The van der Waals surface area contributed by atoms with Crippen LogP contribution in [0.1, 0.15) is 16.7 Å². The fourth-order valence-corrected chi connectivity index (χ4v) is 3.20. The molecule has 24 heavy (non-hydrogen) atoms. The van der Waals surface area contributed by atoms with Crippen LogP contribution in [0.2, 0.25) is 0 Å². The second kappa shape index (κ2) is 5.97. The zero-order valence-electron chi connectivity index (χ0n) is 14.0. The van der Waals surface area contributed by atoms with Gasteiger partial charge in [0, 0.05) is 23.8 Å². The van der Waals surface area contributed by atoms with Crippen LogP contribution in [0.5, 0.6) is 0 Å². The van der Waals surface area contributed by atoms with Gasteiger partial charge >= 0.3 is 0 Å². The lowest BCUT2D eigenvalue weighted by atomic mass is 10.0. The van der Waals surface area contributed by atoms with E-state index in [-0.39, 0.29) is 0 Å². The Hall–Kier alpha value is -2.87. The van der Waals surface area contributed by atoms with Crippen molar-refractivity contribution in [3.8, 4) is 0 Å². The van der Waals surface area contributed by atoms with Crippen LogP contribution in [0.4, 0.5) is 5.69 Å². The van der Waals surface area contributed by atoms with Crippen molar-refractivity contribution in [1.29, 1.82) is 0 Å². The molecule has 3 aromatic carbocycles. The van der Waals surface area contributed by atoms with Crippen LogP contribution >= 0.6 is 0 Å². The Balaban J connectivity index is 1.71. The summed E-state index contributed by atoms with van der Waals surface area (Å²) in [5.74, 6) is 0. The van der Waals surface area contributed by atoms with Crippen molar-refractivity contribution in [2.45, 2.75) is 20.4 Å². The van der Waals surface area contributed by atoms with Gasteiger partial charge in [-0.1, -0.05) is 42.5 Å². The maximum atomic E-state index is 4.51. The molecule has 0 amide bonds. The number of hydrogen-bond acceptors (Lipinski definition) is 2. The second-order valence-corrected chi connectivity index (χ2v) is 6.30.